The number of hydrogen-bond donors (Lipinski definition) is 2. The van der Waals surface area contributed by atoms with Gasteiger partial charge in [-0.3, -0.25) is 4.79 Å². The smallest absolute Gasteiger partial charge is 0.220 e. The second kappa shape index (κ2) is 10.6. The maximum Gasteiger partial charge on any atom is 0.220 e. The Bertz CT molecular complexity index is 193. The van der Waals surface area contributed by atoms with E-state index in [0.717, 1.165) is 6.42 Å². The number of rotatable bonds is 10. The van der Waals surface area contributed by atoms with Crippen LogP contribution in [-0.4, -0.2) is 18.5 Å². The zero-order valence-corrected chi connectivity index (χ0v) is 11.8. The molecule has 102 valence electrons. The summed E-state index contributed by atoms with van der Waals surface area (Å²) in [6.07, 6.45) is 7.96. The summed E-state index contributed by atoms with van der Waals surface area (Å²) < 4.78 is 0. The lowest BCUT2D eigenvalue weighted by Gasteiger charge is -2.20. The molecule has 1 atom stereocenters. The van der Waals surface area contributed by atoms with E-state index >= 15 is 0 Å². The molecule has 0 rings (SSSR count). The van der Waals surface area contributed by atoms with Crippen molar-refractivity contribution in [1.82, 2.24) is 5.32 Å². The van der Waals surface area contributed by atoms with E-state index in [-0.39, 0.29) is 11.9 Å². The Labute approximate surface area is 107 Å². The number of hydrogen-bond acceptors (Lipinski definition) is 2. The molecule has 1 unspecified atom stereocenters. The van der Waals surface area contributed by atoms with Crippen LogP contribution in [0.2, 0.25) is 0 Å². The molecule has 1 amide bonds. The maximum absolute atomic E-state index is 11.6. The molecule has 3 nitrogen and oxygen atoms in total. The summed E-state index contributed by atoms with van der Waals surface area (Å²) in [6, 6.07) is 0.127. The second-order valence-corrected chi connectivity index (χ2v) is 5.17. The van der Waals surface area contributed by atoms with Gasteiger partial charge in [0.1, 0.15) is 0 Å². The van der Waals surface area contributed by atoms with Crippen LogP contribution in [0.25, 0.3) is 0 Å². The summed E-state index contributed by atoms with van der Waals surface area (Å²) in [6.45, 7) is 6.91. The van der Waals surface area contributed by atoms with Crippen molar-refractivity contribution in [3.05, 3.63) is 0 Å². The highest BCUT2D eigenvalue weighted by molar-refractivity contribution is 5.76. The number of nitrogens with one attached hydrogen (secondary N) is 1. The molecule has 0 aliphatic carbocycles. The molecule has 3 heteroatoms. The minimum absolute atomic E-state index is 0.127. The van der Waals surface area contributed by atoms with E-state index in [0.29, 0.717) is 18.9 Å². The molecule has 0 aliphatic heterocycles. The van der Waals surface area contributed by atoms with Gasteiger partial charge in [0, 0.05) is 19.0 Å². The molecule has 0 aliphatic rings. The van der Waals surface area contributed by atoms with E-state index < -0.39 is 0 Å². The van der Waals surface area contributed by atoms with Crippen molar-refractivity contribution >= 4 is 5.91 Å². The standard InChI is InChI=1S/C14H30N2O/c1-4-5-6-7-8-9-10-14(17)16-13(11-15)12(2)3/h12-13H,4-11,15H2,1-3H3,(H,16,17). The van der Waals surface area contributed by atoms with Gasteiger partial charge in [-0.05, 0) is 12.3 Å². The van der Waals surface area contributed by atoms with Crippen molar-refractivity contribution in [2.45, 2.75) is 71.8 Å². The first-order valence-corrected chi connectivity index (χ1v) is 7.11. The Morgan fingerprint density at radius 1 is 1.12 bits per heavy atom. The van der Waals surface area contributed by atoms with Crippen molar-refractivity contribution in [1.29, 1.82) is 0 Å². The summed E-state index contributed by atoms with van der Waals surface area (Å²) in [7, 11) is 0. The molecule has 0 aromatic heterocycles. The van der Waals surface area contributed by atoms with Gasteiger partial charge in [0.15, 0.2) is 0 Å². The van der Waals surface area contributed by atoms with Gasteiger partial charge < -0.3 is 11.1 Å². The van der Waals surface area contributed by atoms with E-state index in [9.17, 15) is 4.79 Å². The van der Waals surface area contributed by atoms with Crippen LogP contribution in [0.5, 0.6) is 0 Å². The SMILES string of the molecule is CCCCCCCCC(=O)NC(CN)C(C)C. The van der Waals surface area contributed by atoms with Crippen LogP contribution in [-0.2, 0) is 4.79 Å². The predicted octanol–water partition coefficient (Wildman–Crippen LogP) is 2.84. The molecule has 0 spiro atoms. The molecular formula is C14H30N2O. The van der Waals surface area contributed by atoms with Gasteiger partial charge in [0.05, 0.1) is 0 Å². The first-order valence-electron chi connectivity index (χ1n) is 7.11. The minimum Gasteiger partial charge on any atom is -0.352 e. The molecule has 0 heterocycles. The monoisotopic (exact) mass is 242 g/mol. The van der Waals surface area contributed by atoms with Crippen LogP contribution in [0.4, 0.5) is 0 Å². The van der Waals surface area contributed by atoms with Gasteiger partial charge in [0.25, 0.3) is 0 Å². The van der Waals surface area contributed by atoms with Crippen LogP contribution in [0.3, 0.4) is 0 Å². The lowest BCUT2D eigenvalue weighted by atomic mass is 10.0. The highest BCUT2D eigenvalue weighted by Gasteiger charge is 2.13. The van der Waals surface area contributed by atoms with Crippen LogP contribution < -0.4 is 11.1 Å². The Morgan fingerprint density at radius 3 is 2.24 bits per heavy atom. The Hall–Kier alpha value is -0.570. The van der Waals surface area contributed by atoms with Crippen molar-refractivity contribution in [3.8, 4) is 0 Å². The average molecular weight is 242 g/mol. The second-order valence-electron chi connectivity index (χ2n) is 5.17. The summed E-state index contributed by atoms with van der Waals surface area (Å²) in [5.74, 6) is 0.568. The quantitative estimate of drug-likeness (QED) is 0.579. The van der Waals surface area contributed by atoms with E-state index in [4.69, 9.17) is 5.73 Å². The van der Waals surface area contributed by atoms with Crippen LogP contribution in [0.15, 0.2) is 0 Å². The van der Waals surface area contributed by atoms with Crippen molar-refractivity contribution in [3.63, 3.8) is 0 Å². The van der Waals surface area contributed by atoms with E-state index in [2.05, 4.69) is 26.1 Å². The number of amides is 1. The van der Waals surface area contributed by atoms with Gasteiger partial charge in [-0.25, -0.2) is 0 Å². The summed E-state index contributed by atoms with van der Waals surface area (Å²) >= 11 is 0. The zero-order valence-electron chi connectivity index (χ0n) is 11.8. The largest absolute Gasteiger partial charge is 0.352 e. The number of carbonyl (C=O) groups is 1. The van der Waals surface area contributed by atoms with E-state index in [1.54, 1.807) is 0 Å². The molecule has 0 saturated carbocycles. The van der Waals surface area contributed by atoms with E-state index in [1.165, 1.54) is 32.1 Å². The topological polar surface area (TPSA) is 55.1 Å². The molecule has 0 saturated heterocycles. The molecule has 0 bridgehead atoms. The van der Waals surface area contributed by atoms with Gasteiger partial charge in [0.2, 0.25) is 5.91 Å². The lowest BCUT2D eigenvalue weighted by Crippen LogP contribution is -2.43. The van der Waals surface area contributed by atoms with Gasteiger partial charge in [-0.1, -0.05) is 52.9 Å². The summed E-state index contributed by atoms with van der Waals surface area (Å²) in [4.78, 5) is 11.6. The maximum atomic E-state index is 11.6. The van der Waals surface area contributed by atoms with Gasteiger partial charge in [-0.2, -0.15) is 0 Å². The fourth-order valence-corrected chi connectivity index (χ4v) is 1.84. The van der Waals surface area contributed by atoms with Crippen molar-refractivity contribution < 1.29 is 4.79 Å². The fourth-order valence-electron chi connectivity index (χ4n) is 1.84. The summed E-state index contributed by atoms with van der Waals surface area (Å²) in [5.41, 5.74) is 5.62. The first-order chi connectivity index (χ1) is 8.11. The molecule has 0 aromatic rings. The van der Waals surface area contributed by atoms with Gasteiger partial charge in [-0.15, -0.1) is 0 Å². The zero-order chi connectivity index (χ0) is 13.1. The normalized spacial score (nSPS) is 12.8. The number of nitrogens with two attached hydrogens (primary N) is 1. The average Bonchev–Trinajstić information content (AvgIpc) is 2.30. The lowest BCUT2D eigenvalue weighted by molar-refractivity contribution is -0.122. The molecular weight excluding hydrogens is 212 g/mol. The third kappa shape index (κ3) is 9.16. The fraction of sp³-hybridized carbons (Fsp3) is 0.929. The molecule has 0 aromatic carbocycles. The first kappa shape index (κ1) is 16.4. The van der Waals surface area contributed by atoms with Crippen LogP contribution >= 0.6 is 0 Å². The molecule has 0 fully saturated rings. The molecule has 17 heavy (non-hydrogen) atoms. The molecule has 3 N–H and O–H groups in total. The summed E-state index contributed by atoms with van der Waals surface area (Å²) in [5, 5.41) is 3.00. The van der Waals surface area contributed by atoms with Crippen LogP contribution in [0, 0.1) is 5.92 Å². The van der Waals surface area contributed by atoms with Crippen LogP contribution in [0.1, 0.15) is 65.7 Å². The van der Waals surface area contributed by atoms with E-state index in [1.807, 2.05) is 0 Å². The Kier molecular flexibility index (Phi) is 10.2. The number of unbranched alkanes of at least 4 members (excludes halogenated alkanes) is 5. The number of carbonyl (C=O) groups excluding carboxylic acids is 1. The third-order valence-corrected chi connectivity index (χ3v) is 3.16. The third-order valence-electron chi connectivity index (χ3n) is 3.16. The molecule has 0 radical (unpaired) electrons. The Morgan fingerprint density at radius 2 is 1.71 bits per heavy atom. The van der Waals surface area contributed by atoms with Gasteiger partial charge >= 0.3 is 0 Å². The minimum atomic E-state index is 0.127. The Balaban J connectivity index is 3.52. The highest BCUT2D eigenvalue weighted by atomic mass is 16.1. The predicted molar refractivity (Wildman–Crippen MR) is 73.8 cm³/mol. The highest BCUT2D eigenvalue weighted by Crippen LogP contribution is 2.07. The van der Waals surface area contributed by atoms with Crippen molar-refractivity contribution in [2.75, 3.05) is 6.54 Å². The van der Waals surface area contributed by atoms with Crippen molar-refractivity contribution in [2.24, 2.45) is 11.7 Å².